The van der Waals surface area contributed by atoms with Crippen molar-refractivity contribution >= 4 is 0 Å². The summed E-state index contributed by atoms with van der Waals surface area (Å²) in [5, 5.41) is 0. The zero-order valence-corrected chi connectivity index (χ0v) is 12.6. The summed E-state index contributed by atoms with van der Waals surface area (Å²) in [7, 11) is 4.09. The largest absolute Gasteiger partial charge is 0.302 e. The van der Waals surface area contributed by atoms with E-state index in [0.717, 1.165) is 24.0 Å². The number of hydrazine groups is 1. The number of aryl methyl sites for hydroxylation is 1. The molecule has 1 unspecified atom stereocenters. The Morgan fingerprint density at radius 3 is 2.21 bits per heavy atom. The molecule has 0 fully saturated rings. The number of nitrogens with one attached hydrogen (secondary N) is 1. The molecule has 0 spiro atoms. The second-order valence-electron chi connectivity index (χ2n) is 5.37. The number of halogens is 1. The number of benzene rings is 1. The molecule has 0 amide bonds. The first-order valence-corrected chi connectivity index (χ1v) is 6.82. The first-order valence-electron chi connectivity index (χ1n) is 6.82. The third-order valence-electron chi connectivity index (χ3n) is 4.22. The van der Waals surface area contributed by atoms with E-state index in [1.165, 1.54) is 6.07 Å². The van der Waals surface area contributed by atoms with E-state index >= 15 is 0 Å². The Balaban J connectivity index is 3.31. The lowest BCUT2D eigenvalue weighted by Crippen LogP contribution is -2.54. The highest BCUT2D eigenvalue weighted by Gasteiger charge is 2.38. The Morgan fingerprint density at radius 2 is 1.84 bits per heavy atom. The van der Waals surface area contributed by atoms with E-state index < -0.39 is 0 Å². The summed E-state index contributed by atoms with van der Waals surface area (Å²) in [6.45, 7) is 6.18. The summed E-state index contributed by atoms with van der Waals surface area (Å²) < 4.78 is 13.6. The van der Waals surface area contributed by atoms with Crippen molar-refractivity contribution in [3.8, 4) is 0 Å². The number of likely N-dealkylation sites (N-methyl/N-ethyl adjacent to an activating group) is 1. The number of hydrogen-bond acceptors (Lipinski definition) is 3. The van der Waals surface area contributed by atoms with Crippen LogP contribution in [0.25, 0.3) is 0 Å². The monoisotopic (exact) mass is 267 g/mol. The van der Waals surface area contributed by atoms with Gasteiger partial charge in [0.2, 0.25) is 0 Å². The smallest absolute Gasteiger partial charge is 0.123 e. The molecule has 0 saturated carbocycles. The Labute approximate surface area is 116 Å². The van der Waals surface area contributed by atoms with Crippen LogP contribution < -0.4 is 11.3 Å². The zero-order valence-electron chi connectivity index (χ0n) is 12.6. The van der Waals surface area contributed by atoms with Crippen LogP contribution in [0.15, 0.2) is 18.2 Å². The predicted octanol–water partition coefficient (Wildman–Crippen LogP) is 2.76. The molecule has 0 aromatic heterocycles. The first-order chi connectivity index (χ1) is 8.91. The van der Waals surface area contributed by atoms with Gasteiger partial charge in [-0.25, -0.2) is 4.39 Å². The van der Waals surface area contributed by atoms with Gasteiger partial charge in [-0.2, -0.15) is 0 Å². The van der Waals surface area contributed by atoms with Crippen LogP contribution in [0.5, 0.6) is 0 Å². The molecule has 4 heteroatoms. The van der Waals surface area contributed by atoms with E-state index in [1.807, 2.05) is 27.1 Å². The van der Waals surface area contributed by atoms with Crippen LogP contribution in [0.3, 0.4) is 0 Å². The van der Waals surface area contributed by atoms with Gasteiger partial charge in [0.1, 0.15) is 5.82 Å². The lowest BCUT2D eigenvalue weighted by molar-refractivity contribution is 0.0880. The summed E-state index contributed by atoms with van der Waals surface area (Å²) in [4.78, 5) is 2.18. The summed E-state index contributed by atoms with van der Waals surface area (Å²) in [5.74, 6) is 5.57. The van der Waals surface area contributed by atoms with Crippen molar-refractivity contribution < 1.29 is 4.39 Å². The van der Waals surface area contributed by atoms with Gasteiger partial charge in [-0.1, -0.05) is 19.9 Å². The van der Waals surface area contributed by atoms with Gasteiger partial charge in [-0.15, -0.1) is 0 Å². The molecule has 1 aromatic rings. The van der Waals surface area contributed by atoms with Crippen LogP contribution in [0.2, 0.25) is 0 Å². The van der Waals surface area contributed by atoms with Gasteiger partial charge in [0.05, 0.1) is 6.04 Å². The third kappa shape index (κ3) is 3.14. The maximum atomic E-state index is 13.6. The lowest BCUT2D eigenvalue weighted by Gasteiger charge is -2.45. The fourth-order valence-electron chi connectivity index (χ4n) is 3.04. The van der Waals surface area contributed by atoms with E-state index in [0.29, 0.717) is 0 Å². The summed E-state index contributed by atoms with van der Waals surface area (Å²) in [5.41, 5.74) is 4.57. The second kappa shape index (κ2) is 6.46. The quantitative estimate of drug-likeness (QED) is 0.615. The molecule has 3 nitrogen and oxygen atoms in total. The number of hydrogen-bond donors (Lipinski definition) is 2. The van der Waals surface area contributed by atoms with Crippen molar-refractivity contribution in [2.24, 2.45) is 5.84 Å². The van der Waals surface area contributed by atoms with Gasteiger partial charge >= 0.3 is 0 Å². The molecular weight excluding hydrogens is 241 g/mol. The van der Waals surface area contributed by atoms with E-state index in [9.17, 15) is 4.39 Å². The normalized spacial score (nSPS) is 13.9. The molecule has 0 aliphatic rings. The van der Waals surface area contributed by atoms with E-state index in [-0.39, 0.29) is 17.4 Å². The van der Waals surface area contributed by atoms with Gasteiger partial charge < -0.3 is 4.90 Å². The Bertz CT molecular complexity index is 394. The Hall–Kier alpha value is -0.970. The lowest BCUT2D eigenvalue weighted by atomic mass is 9.79. The minimum atomic E-state index is -0.213. The molecule has 0 aliphatic heterocycles. The molecule has 0 radical (unpaired) electrons. The number of nitrogens with two attached hydrogens (primary N) is 1. The highest BCUT2D eigenvalue weighted by atomic mass is 19.1. The van der Waals surface area contributed by atoms with Crippen molar-refractivity contribution in [1.29, 1.82) is 0 Å². The zero-order chi connectivity index (χ0) is 14.6. The Kier molecular flexibility index (Phi) is 5.47. The van der Waals surface area contributed by atoms with E-state index in [2.05, 4.69) is 24.2 Å². The maximum Gasteiger partial charge on any atom is 0.123 e. The average Bonchev–Trinajstić information content (AvgIpc) is 2.34. The fourth-order valence-corrected chi connectivity index (χ4v) is 3.04. The molecule has 1 rings (SSSR count). The molecule has 3 N–H and O–H groups in total. The van der Waals surface area contributed by atoms with Crippen molar-refractivity contribution in [3.63, 3.8) is 0 Å². The molecular formula is C15H26FN3. The summed E-state index contributed by atoms with van der Waals surface area (Å²) in [6, 6.07) is 5.00. The van der Waals surface area contributed by atoms with Crippen LogP contribution in [-0.2, 0) is 0 Å². The topological polar surface area (TPSA) is 41.3 Å². The SMILES string of the molecule is CCC(CC)(C(NN)c1cc(C)cc(F)c1)N(C)C. The summed E-state index contributed by atoms with van der Waals surface area (Å²) >= 11 is 0. The van der Waals surface area contributed by atoms with Gasteiger partial charge in [0.25, 0.3) is 0 Å². The van der Waals surface area contributed by atoms with Gasteiger partial charge in [-0.05, 0) is 57.1 Å². The molecule has 1 atom stereocenters. The fraction of sp³-hybridized carbons (Fsp3) is 0.600. The minimum absolute atomic E-state index is 0.105. The molecule has 19 heavy (non-hydrogen) atoms. The van der Waals surface area contributed by atoms with Gasteiger partial charge in [-0.3, -0.25) is 11.3 Å². The van der Waals surface area contributed by atoms with Gasteiger partial charge in [0.15, 0.2) is 0 Å². The van der Waals surface area contributed by atoms with Crippen molar-refractivity contribution in [3.05, 3.63) is 35.1 Å². The third-order valence-corrected chi connectivity index (χ3v) is 4.22. The minimum Gasteiger partial charge on any atom is -0.302 e. The van der Waals surface area contributed by atoms with Crippen molar-refractivity contribution in [1.82, 2.24) is 10.3 Å². The maximum absolute atomic E-state index is 13.6. The van der Waals surface area contributed by atoms with Crippen LogP contribution in [-0.4, -0.2) is 24.5 Å². The molecule has 0 heterocycles. The van der Waals surface area contributed by atoms with Crippen molar-refractivity contribution in [2.75, 3.05) is 14.1 Å². The second-order valence-corrected chi connectivity index (χ2v) is 5.37. The molecule has 108 valence electrons. The predicted molar refractivity (Wildman–Crippen MR) is 78.2 cm³/mol. The highest BCUT2D eigenvalue weighted by Crippen LogP contribution is 2.36. The van der Waals surface area contributed by atoms with E-state index in [1.54, 1.807) is 6.07 Å². The van der Waals surface area contributed by atoms with Gasteiger partial charge in [0, 0.05) is 5.54 Å². The van der Waals surface area contributed by atoms with Crippen molar-refractivity contribution in [2.45, 2.75) is 45.2 Å². The Morgan fingerprint density at radius 1 is 1.26 bits per heavy atom. The molecule has 0 saturated heterocycles. The first kappa shape index (κ1) is 16.1. The number of rotatable bonds is 6. The van der Waals surface area contributed by atoms with Crippen LogP contribution in [0, 0.1) is 12.7 Å². The molecule has 1 aromatic carbocycles. The summed E-state index contributed by atoms with van der Waals surface area (Å²) in [6.07, 6.45) is 1.86. The van der Waals surface area contributed by atoms with E-state index in [4.69, 9.17) is 5.84 Å². The highest BCUT2D eigenvalue weighted by molar-refractivity contribution is 5.29. The van der Waals surface area contributed by atoms with Crippen LogP contribution in [0.4, 0.5) is 4.39 Å². The average molecular weight is 267 g/mol. The van der Waals surface area contributed by atoms with Crippen LogP contribution in [0.1, 0.15) is 43.9 Å². The van der Waals surface area contributed by atoms with Crippen LogP contribution >= 0.6 is 0 Å². The number of nitrogens with zero attached hydrogens (tertiary/aromatic N) is 1. The molecule has 0 aliphatic carbocycles. The molecule has 0 bridgehead atoms. The standard InChI is InChI=1S/C15H26FN3/c1-6-15(7-2,19(4)5)14(18-17)12-8-11(3)9-13(16)10-12/h8-10,14,18H,6-7,17H2,1-5H3.